The molecule has 1 aromatic carbocycles. The van der Waals surface area contributed by atoms with Gasteiger partial charge < -0.3 is 10.1 Å². The molecular weight excluding hydrogens is 333 g/mol. The van der Waals surface area contributed by atoms with Crippen LogP contribution in [0.5, 0.6) is 0 Å². The van der Waals surface area contributed by atoms with Gasteiger partial charge in [-0.1, -0.05) is 22.9 Å². The van der Waals surface area contributed by atoms with Crippen molar-refractivity contribution in [2.45, 2.75) is 57.3 Å². The first-order valence-electron chi connectivity index (χ1n) is 7.99. The third-order valence-corrected chi connectivity index (χ3v) is 5.16. The molecular formula is C17H23BrFNO. The lowest BCUT2D eigenvalue weighted by Gasteiger charge is -2.29. The van der Waals surface area contributed by atoms with Crippen molar-refractivity contribution in [2.75, 3.05) is 6.54 Å². The summed E-state index contributed by atoms with van der Waals surface area (Å²) in [6.45, 7) is 3.19. The minimum absolute atomic E-state index is 0.169. The molecule has 2 aliphatic heterocycles. The second kappa shape index (κ2) is 6.76. The highest BCUT2D eigenvalue weighted by molar-refractivity contribution is 9.10. The molecule has 2 fully saturated rings. The predicted octanol–water partition coefficient (Wildman–Crippen LogP) is 4.07. The normalized spacial score (nSPS) is 29.0. The first kappa shape index (κ1) is 15.4. The SMILES string of the molecule is CCCNC(Cc1cc(F)cc(Br)c1)C1CC2CCC1O2. The largest absolute Gasteiger partial charge is 0.375 e. The number of hydrogen-bond donors (Lipinski definition) is 1. The van der Waals surface area contributed by atoms with Crippen LogP contribution in [0.3, 0.4) is 0 Å². The highest BCUT2D eigenvalue weighted by Crippen LogP contribution is 2.41. The Morgan fingerprint density at radius 2 is 2.24 bits per heavy atom. The third kappa shape index (κ3) is 3.66. The fraction of sp³-hybridized carbons (Fsp3) is 0.647. The molecule has 2 aliphatic rings. The third-order valence-electron chi connectivity index (χ3n) is 4.70. The molecule has 1 aromatic rings. The van der Waals surface area contributed by atoms with Gasteiger partial charge >= 0.3 is 0 Å². The molecule has 1 N–H and O–H groups in total. The van der Waals surface area contributed by atoms with E-state index in [2.05, 4.69) is 28.2 Å². The van der Waals surface area contributed by atoms with Crippen molar-refractivity contribution >= 4 is 15.9 Å². The first-order chi connectivity index (χ1) is 10.2. The summed E-state index contributed by atoms with van der Waals surface area (Å²) in [4.78, 5) is 0. The van der Waals surface area contributed by atoms with Crippen LogP contribution in [-0.4, -0.2) is 24.8 Å². The smallest absolute Gasteiger partial charge is 0.124 e. The zero-order valence-corrected chi connectivity index (χ0v) is 14.0. The van der Waals surface area contributed by atoms with Gasteiger partial charge in [-0.25, -0.2) is 4.39 Å². The highest BCUT2D eigenvalue weighted by atomic mass is 79.9. The van der Waals surface area contributed by atoms with E-state index in [1.165, 1.54) is 18.9 Å². The van der Waals surface area contributed by atoms with Crippen LogP contribution in [0.25, 0.3) is 0 Å². The minimum Gasteiger partial charge on any atom is -0.375 e. The molecule has 0 amide bonds. The summed E-state index contributed by atoms with van der Waals surface area (Å²) in [6.07, 6.45) is 6.41. The van der Waals surface area contributed by atoms with Crippen molar-refractivity contribution in [1.29, 1.82) is 0 Å². The first-order valence-corrected chi connectivity index (χ1v) is 8.79. The zero-order chi connectivity index (χ0) is 14.8. The molecule has 2 bridgehead atoms. The molecule has 3 rings (SSSR count). The average molecular weight is 356 g/mol. The fourth-order valence-corrected chi connectivity index (χ4v) is 4.30. The van der Waals surface area contributed by atoms with Gasteiger partial charge in [-0.15, -0.1) is 0 Å². The summed E-state index contributed by atoms with van der Waals surface area (Å²) >= 11 is 3.39. The van der Waals surface area contributed by atoms with Crippen LogP contribution < -0.4 is 5.32 Å². The van der Waals surface area contributed by atoms with Gasteiger partial charge in [0, 0.05) is 16.4 Å². The van der Waals surface area contributed by atoms with E-state index in [1.807, 2.05) is 6.07 Å². The Kier molecular flexibility index (Phi) is 4.97. The van der Waals surface area contributed by atoms with E-state index in [1.54, 1.807) is 6.07 Å². The number of benzene rings is 1. The maximum atomic E-state index is 13.6. The van der Waals surface area contributed by atoms with Gasteiger partial charge in [-0.3, -0.25) is 0 Å². The van der Waals surface area contributed by atoms with Crippen LogP contribution in [0, 0.1) is 11.7 Å². The molecule has 2 saturated heterocycles. The van der Waals surface area contributed by atoms with E-state index in [0.717, 1.165) is 35.8 Å². The minimum atomic E-state index is -0.169. The number of hydrogen-bond acceptors (Lipinski definition) is 2. The molecule has 0 radical (unpaired) electrons. The number of nitrogens with one attached hydrogen (secondary N) is 1. The van der Waals surface area contributed by atoms with Crippen LogP contribution in [0.2, 0.25) is 0 Å². The summed E-state index contributed by atoms with van der Waals surface area (Å²) in [6, 6.07) is 5.57. The van der Waals surface area contributed by atoms with Crippen molar-refractivity contribution in [3.05, 3.63) is 34.1 Å². The Labute approximate surface area is 134 Å². The summed E-state index contributed by atoms with van der Waals surface area (Å²) in [5, 5.41) is 3.67. The van der Waals surface area contributed by atoms with Crippen LogP contribution >= 0.6 is 15.9 Å². The molecule has 0 aliphatic carbocycles. The lowest BCUT2D eigenvalue weighted by Crippen LogP contribution is -2.42. The molecule has 4 heteroatoms. The summed E-state index contributed by atoms with van der Waals surface area (Å²) < 4.78 is 20.4. The lowest BCUT2D eigenvalue weighted by molar-refractivity contribution is 0.0857. The molecule has 0 spiro atoms. The number of fused-ring (bicyclic) bond motifs is 2. The average Bonchev–Trinajstić information content (AvgIpc) is 3.05. The Bertz CT molecular complexity index is 475. The van der Waals surface area contributed by atoms with Gasteiger partial charge in [0.2, 0.25) is 0 Å². The summed E-state index contributed by atoms with van der Waals surface area (Å²) in [5.41, 5.74) is 1.05. The van der Waals surface area contributed by atoms with E-state index in [9.17, 15) is 4.39 Å². The van der Waals surface area contributed by atoms with Crippen molar-refractivity contribution in [3.8, 4) is 0 Å². The van der Waals surface area contributed by atoms with Crippen LogP contribution in [0.15, 0.2) is 22.7 Å². The molecule has 2 nitrogen and oxygen atoms in total. The molecule has 116 valence electrons. The maximum Gasteiger partial charge on any atom is 0.124 e. The molecule has 0 saturated carbocycles. The van der Waals surface area contributed by atoms with Gasteiger partial charge in [0.15, 0.2) is 0 Å². The Morgan fingerprint density at radius 3 is 2.86 bits per heavy atom. The molecule has 2 heterocycles. The highest BCUT2D eigenvalue weighted by Gasteiger charge is 2.44. The monoisotopic (exact) mass is 355 g/mol. The predicted molar refractivity (Wildman–Crippen MR) is 85.9 cm³/mol. The lowest BCUT2D eigenvalue weighted by atomic mass is 9.81. The van der Waals surface area contributed by atoms with Crippen LogP contribution in [-0.2, 0) is 11.2 Å². The van der Waals surface area contributed by atoms with Crippen molar-refractivity contribution in [2.24, 2.45) is 5.92 Å². The van der Waals surface area contributed by atoms with E-state index in [4.69, 9.17) is 4.74 Å². The Balaban J connectivity index is 1.72. The van der Waals surface area contributed by atoms with Crippen molar-refractivity contribution in [3.63, 3.8) is 0 Å². The molecule has 4 unspecified atom stereocenters. The van der Waals surface area contributed by atoms with Crippen LogP contribution in [0.4, 0.5) is 4.39 Å². The Morgan fingerprint density at radius 1 is 1.38 bits per heavy atom. The molecule has 4 atom stereocenters. The van der Waals surface area contributed by atoms with E-state index in [-0.39, 0.29) is 5.82 Å². The van der Waals surface area contributed by atoms with E-state index >= 15 is 0 Å². The summed E-state index contributed by atoms with van der Waals surface area (Å²) in [5.74, 6) is 0.398. The Hall–Kier alpha value is -0.450. The van der Waals surface area contributed by atoms with E-state index in [0.29, 0.717) is 24.2 Å². The molecule has 21 heavy (non-hydrogen) atoms. The van der Waals surface area contributed by atoms with E-state index < -0.39 is 0 Å². The molecule has 0 aromatic heterocycles. The second-order valence-corrected chi connectivity index (χ2v) is 7.23. The summed E-state index contributed by atoms with van der Waals surface area (Å²) in [7, 11) is 0. The quantitative estimate of drug-likeness (QED) is 0.830. The number of halogens is 2. The van der Waals surface area contributed by atoms with Gasteiger partial charge in [-0.05, 0) is 62.4 Å². The van der Waals surface area contributed by atoms with Gasteiger partial charge in [0.05, 0.1) is 12.2 Å². The number of rotatable bonds is 6. The van der Waals surface area contributed by atoms with Crippen molar-refractivity contribution < 1.29 is 9.13 Å². The van der Waals surface area contributed by atoms with Gasteiger partial charge in [0.25, 0.3) is 0 Å². The maximum absolute atomic E-state index is 13.6. The van der Waals surface area contributed by atoms with Gasteiger partial charge in [-0.2, -0.15) is 0 Å². The fourth-order valence-electron chi connectivity index (χ4n) is 3.79. The standard InChI is InChI=1S/C17H23BrFNO/c1-2-5-20-16(15-10-14-3-4-17(15)21-14)8-11-6-12(18)9-13(19)7-11/h6-7,9,14-17,20H,2-5,8,10H2,1H3. The van der Waals surface area contributed by atoms with Crippen LogP contribution in [0.1, 0.15) is 38.2 Å². The number of ether oxygens (including phenoxy) is 1. The van der Waals surface area contributed by atoms with Crippen molar-refractivity contribution in [1.82, 2.24) is 5.32 Å². The van der Waals surface area contributed by atoms with Gasteiger partial charge in [0.1, 0.15) is 5.82 Å². The second-order valence-electron chi connectivity index (χ2n) is 6.32. The zero-order valence-electron chi connectivity index (χ0n) is 12.4. The topological polar surface area (TPSA) is 21.3 Å².